The molecule has 0 atom stereocenters. The number of rotatable bonds is 1. The van der Waals surface area contributed by atoms with Crippen molar-refractivity contribution >= 4 is 44.9 Å². The molecule has 1 amide bonds. The normalized spacial score (nSPS) is 18.9. The number of nitrogens with zero attached hydrogens (tertiary/aromatic N) is 3. The van der Waals surface area contributed by atoms with Crippen LogP contribution in [-0.2, 0) is 10.2 Å². The van der Waals surface area contributed by atoms with Gasteiger partial charge in [-0.3, -0.25) is 4.79 Å². The van der Waals surface area contributed by atoms with Gasteiger partial charge in [0.25, 0.3) is 0 Å². The van der Waals surface area contributed by atoms with Crippen LogP contribution in [0.5, 0.6) is 0 Å². The minimum atomic E-state index is -0.435. The Morgan fingerprint density at radius 2 is 1.96 bits per heavy atom. The van der Waals surface area contributed by atoms with Crippen molar-refractivity contribution in [3.05, 3.63) is 45.5 Å². The number of hydrogen-bond acceptors (Lipinski definition) is 4. The van der Waals surface area contributed by atoms with E-state index in [0.717, 1.165) is 47.5 Å². The Kier molecular flexibility index (Phi) is 3.54. The third-order valence-electron chi connectivity index (χ3n) is 4.76. The van der Waals surface area contributed by atoms with Crippen LogP contribution in [0.3, 0.4) is 0 Å². The van der Waals surface area contributed by atoms with E-state index in [2.05, 4.69) is 42.4 Å². The fourth-order valence-corrected chi connectivity index (χ4v) is 4.06. The van der Waals surface area contributed by atoms with E-state index in [9.17, 15) is 4.79 Å². The van der Waals surface area contributed by atoms with Gasteiger partial charge in [0.1, 0.15) is 0 Å². The van der Waals surface area contributed by atoms with Crippen LogP contribution in [0.15, 0.2) is 34.8 Å². The molecule has 5 nitrogen and oxygen atoms in total. The molecule has 0 aliphatic carbocycles. The van der Waals surface area contributed by atoms with Crippen molar-refractivity contribution in [1.29, 1.82) is 0 Å². The van der Waals surface area contributed by atoms with E-state index < -0.39 is 5.41 Å². The number of amides is 1. The first-order valence-electron chi connectivity index (χ1n) is 7.45. The van der Waals surface area contributed by atoms with E-state index in [1.165, 1.54) is 0 Å². The lowest BCUT2D eigenvalue weighted by Crippen LogP contribution is -2.46. The first kappa shape index (κ1) is 14.9. The second-order valence-corrected chi connectivity index (χ2v) is 7.14. The number of benzene rings is 1. The standard InChI is InChI=1S/C16H14BrClN4O/c17-11-3-1-2-10-14(11)19-15(23)16(10)6-8-22(9-7-16)13-5-4-12(18)20-21-13/h1-5H,6-9H2,(H,19,23). The van der Waals surface area contributed by atoms with Crippen molar-refractivity contribution in [3.63, 3.8) is 0 Å². The maximum Gasteiger partial charge on any atom is 0.235 e. The third-order valence-corrected chi connectivity index (χ3v) is 5.62. The van der Waals surface area contributed by atoms with Crippen LogP contribution in [-0.4, -0.2) is 29.2 Å². The Labute approximate surface area is 147 Å². The molecule has 1 aromatic carbocycles. The van der Waals surface area contributed by atoms with Gasteiger partial charge in [-0.2, -0.15) is 0 Å². The summed E-state index contributed by atoms with van der Waals surface area (Å²) in [4.78, 5) is 14.8. The van der Waals surface area contributed by atoms with Gasteiger partial charge in [0, 0.05) is 17.6 Å². The molecule has 0 radical (unpaired) electrons. The molecule has 1 fully saturated rings. The number of fused-ring (bicyclic) bond motifs is 2. The van der Waals surface area contributed by atoms with Crippen LogP contribution in [0.25, 0.3) is 0 Å². The van der Waals surface area contributed by atoms with Crippen LogP contribution in [0, 0.1) is 0 Å². The van der Waals surface area contributed by atoms with Crippen molar-refractivity contribution in [2.75, 3.05) is 23.3 Å². The van der Waals surface area contributed by atoms with E-state index in [0.29, 0.717) is 5.15 Å². The van der Waals surface area contributed by atoms with Crippen LogP contribution in [0.1, 0.15) is 18.4 Å². The number of halogens is 2. The minimum Gasteiger partial charge on any atom is -0.355 e. The van der Waals surface area contributed by atoms with Gasteiger partial charge in [-0.15, -0.1) is 10.2 Å². The van der Waals surface area contributed by atoms with E-state index in [-0.39, 0.29) is 5.91 Å². The first-order chi connectivity index (χ1) is 11.1. The highest BCUT2D eigenvalue weighted by Crippen LogP contribution is 2.47. The second-order valence-electron chi connectivity index (χ2n) is 5.90. The Bertz CT molecular complexity index is 772. The molecule has 0 bridgehead atoms. The zero-order chi connectivity index (χ0) is 16.0. The molecular weight excluding hydrogens is 380 g/mol. The maximum atomic E-state index is 12.7. The molecule has 0 saturated carbocycles. The maximum absolute atomic E-state index is 12.7. The SMILES string of the molecule is O=C1Nc2c(Br)cccc2C12CCN(c1ccc(Cl)nn1)CC2. The summed E-state index contributed by atoms with van der Waals surface area (Å²) in [5, 5.41) is 11.4. The molecule has 0 unspecified atom stereocenters. The molecule has 23 heavy (non-hydrogen) atoms. The molecule has 2 aliphatic rings. The van der Waals surface area contributed by atoms with Crippen molar-refractivity contribution in [1.82, 2.24) is 10.2 Å². The zero-order valence-corrected chi connectivity index (χ0v) is 14.6. The van der Waals surface area contributed by atoms with Crippen molar-refractivity contribution in [2.24, 2.45) is 0 Å². The van der Waals surface area contributed by atoms with Gasteiger partial charge in [-0.05, 0) is 52.5 Å². The zero-order valence-electron chi connectivity index (χ0n) is 12.2. The summed E-state index contributed by atoms with van der Waals surface area (Å²) in [5.74, 6) is 0.901. The van der Waals surface area contributed by atoms with Gasteiger partial charge in [-0.25, -0.2) is 0 Å². The quantitative estimate of drug-likeness (QED) is 0.807. The average Bonchev–Trinajstić information content (AvgIpc) is 2.83. The van der Waals surface area contributed by atoms with Crippen LogP contribution >= 0.6 is 27.5 Å². The van der Waals surface area contributed by atoms with Gasteiger partial charge in [0.2, 0.25) is 5.91 Å². The summed E-state index contributed by atoms with van der Waals surface area (Å²) in [7, 11) is 0. The van der Waals surface area contributed by atoms with Gasteiger partial charge in [0.15, 0.2) is 11.0 Å². The van der Waals surface area contributed by atoms with E-state index in [1.807, 2.05) is 18.2 Å². The number of anilines is 2. The Hall–Kier alpha value is -1.66. The average molecular weight is 394 g/mol. The van der Waals surface area contributed by atoms with E-state index >= 15 is 0 Å². The van der Waals surface area contributed by atoms with Gasteiger partial charge in [-0.1, -0.05) is 23.7 Å². The minimum absolute atomic E-state index is 0.0984. The molecule has 3 heterocycles. The molecule has 1 N–H and O–H groups in total. The lowest BCUT2D eigenvalue weighted by molar-refractivity contribution is -0.121. The summed E-state index contributed by atoms with van der Waals surface area (Å²) in [6.07, 6.45) is 1.51. The van der Waals surface area contributed by atoms with Crippen molar-refractivity contribution in [3.8, 4) is 0 Å². The number of nitrogens with one attached hydrogen (secondary N) is 1. The Morgan fingerprint density at radius 1 is 1.17 bits per heavy atom. The topological polar surface area (TPSA) is 58.1 Å². The predicted octanol–water partition coefficient (Wildman–Crippen LogP) is 3.38. The number of carbonyl (C=O) groups is 1. The summed E-state index contributed by atoms with van der Waals surface area (Å²) in [5.41, 5.74) is 1.58. The van der Waals surface area contributed by atoms with Gasteiger partial charge < -0.3 is 10.2 Å². The molecule has 2 aromatic rings. The third kappa shape index (κ3) is 2.32. The summed E-state index contributed by atoms with van der Waals surface area (Å²) in [6.45, 7) is 1.52. The molecule has 2 aliphatic heterocycles. The largest absolute Gasteiger partial charge is 0.355 e. The lowest BCUT2D eigenvalue weighted by atomic mass is 9.73. The monoisotopic (exact) mass is 392 g/mol. The summed E-state index contributed by atoms with van der Waals surface area (Å²) < 4.78 is 0.936. The summed E-state index contributed by atoms with van der Waals surface area (Å²) in [6, 6.07) is 9.60. The van der Waals surface area contributed by atoms with Crippen molar-refractivity contribution in [2.45, 2.75) is 18.3 Å². The highest BCUT2D eigenvalue weighted by atomic mass is 79.9. The molecular formula is C16H14BrClN4O. The lowest BCUT2D eigenvalue weighted by Gasteiger charge is -2.38. The van der Waals surface area contributed by atoms with Crippen LogP contribution in [0.2, 0.25) is 5.15 Å². The fraction of sp³-hybridized carbons (Fsp3) is 0.312. The van der Waals surface area contributed by atoms with Gasteiger partial charge in [0.05, 0.1) is 11.1 Å². The summed E-state index contributed by atoms with van der Waals surface area (Å²) >= 11 is 9.31. The number of hydrogen-bond donors (Lipinski definition) is 1. The van der Waals surface area contributed by atoms with Crippen molar-refractivity contribution < 1.29 is 4.79 Å². The Morgan fingerprint density at radius 3 is 2.65 bits per heavy atom. The fourth-order valence-electron chi connectivity index (χ4n) is 3.50. The number of piperidine rings is 1. The number of aromatic nitrogens is 2. The predicted molar refractivity (Wildman–Crippen MR) is 92.9 cm³/mol. The molecule has 7 heteroatoms. The number of para-hydroxylation sites is 1. The smallest absolute Gasteiger partial charge is 0.235 e. The van der Waals surface area contributed by atoms with Crippen LogP contribution in [0.4, 0.5) is 11.5 Å². The molecule has 4 rings (SSSR count). The molecule has 1 aromatic heterocycles. The highest BCUT2D eigenvalue weighted by molar-refractivity contribution is 9.10. The highest BCUT2D eigenvalue weighted by Gasteiger charge is 2.49. The molecule has 1 saturated heterocycles. The molecule has 118 valence electrons. The van der Waals surface area contributed by atoms with E-state index in [4.69, 9.17) is 11.6 Å². The Balaban J connectivity index is 1.61. The van der Waals surface area contributed by atoms with Gasteiger partial charge >= 0.3 is 0 Å². The first-order valence-corrected chi connectivity index (χ1v) is 8.62. The van der Waals surface area contributed by atoms with Crippen LogP contribution < -0.4 is 10.2 Å². The molecule has 1 spiro atoms. The van der Waals surface area contributed by atoms with E-state index in [1.54, 1.807) is 6.07 Å². The number of carbonyl (C=O) groups excluding carboxylic acids is 1. The second kappa shape index (κ2) is 5.46.